The third kappa shape index (κ3) is 41.8. The molecule has 0 heterocycles. The fraction of sp³-hybridized carbons (Fsp3) is 0.839. The maximum Gasteiger partial charge on any atom is 0.303 e. The molecule has 0 saturated heterocycles. The van der Waals surface area contributed by atoms with Gasteiger partial charge in [0.1, 0.15) is 0 Å². The minimum absolute atomic E-state index is 0.309. The minimum Gasteiger partial charge on any atom is -0.481 e. The average molecular weight is 523 g/mol. The normalized spacial score (nSPS) is 10.0. The van der Waals surface area contributed by atoms with E-state index in [0.29, 0.717) is 45.9 Å². The molecule has 0 aromatic carbocycles. The van der Waals surface area contributed by atoms with Crippen LogP contribution in [0.2, 0.25) is 0 Å². The van der Waals surface area contributed by atoms with Gasteiger partial charge in [-0.15, -0.1) is 0 Å². The molecule has 0 amide bonds. The number of carbonyl (C=O) groups is 1. The molecule has 216 valence electrons. The highest BCUT2D eigenvalue weighted by Crippen LogP contribution is 2.11. The molecular formula is C31H58N2O4. The Balaban J connectivity index is 0. The van der Waals surface area contributed by atoms with Gasteiger partial charge in [0.2, 0.25) is 0 Å². The molecule has 0 aliphatic carbocycles. The van der Waals surface area contributed by atoms with Crippen LogP contribution in [0.4, 0.5) is 0 Å². The van der Waals surface area contributed by atoms with Gasteiger partial charge >= 0.3 is 5.97 Å². The Morgan fingerprint density at radius 2 is 0.973 bits per heavy atom. The largest absolute Gasteiger partial charge is 0.481 e. The number of rotatable bonds is 25. The lowest BCUT2D eigenvalue weighted by Gasteiger charge is -2.02. The molecule has 0 spiro atoms. The first kappa shape index (κ1) is 37.6. The summed E-state index contributed by atoms with van der Waals surface area (Å²) >= 11 is 0. The van der Waals surface area contributed by atoms with E-state index in [1.165, 1.54) is 77.0 Å². The first-order valence-corrected chi connectivity index (χ1v) is 14.9. The number of unbranched alkanes of at least 4 members (excludes halogenated alkanes) is 16. The molecule has 0 aromatic rings. The molecule has 6 nitrogen and oxygen atoms in total. The van der Waals surface area contributed by atoms with Crippen LogP contribution in [0.5, 0.6) is 0 Å². The monoisotopic (exact) mass is 522 g/mol. The summed E-state index contributed by atoms with van der Waals surface area (Å²) in [4.78, 5) is 10.4. The van der Waals surface area contributed by atoms with Crippen molar-refractivity contribution in [2.75, 3.05) is 39.5 Å². The summed E-state index contributed by atoms with van der Waals surface area (Å²) in [5, 5.41) is 8.55. The Hall–Kier alpha value is -1.57. The first-order chi connectivity index (χ1) is 18.2. The molecule has 0 aliphatic rings. The highest BCUT2D eigenvalue weighted by Gasteiger charge is 1.96. The molecule has 0 bridgehead atoms. The highest BCUT2D eigenvalue weighted by atomic mass is 16.5. The van der Waals surface area contributed by atoms with E-state index in [0.717, 1.165) is 38.5 Å². The lowest BCUT2D eigenvalue weighted by Crippen LogP contribution is -2.14. The van der Waals surface area contributed by atoms with Crippen LogP contribution in [0.3, 0.4) is 0 Å². The molecule has 0 radical (unpaired) electrons. The lowest BCUT2D eigenvalue weighted by atomic mass is 10.1. The van der Waals surface area contributed by atoms with E-state index in [1.807, 2.05) is 0 Å². The van der Waals surface area contributed by atoms with Crippen LogP contribution in [0, 0.1) is 23.7 Å². The molecule has 37 heavy (non-hydrogen) atoms. The Bertz CT molecular complexity index is 567. The maximum atomic E-state index is 10.4. The van der Waals surface area contributed by atoms with E-state index in [4.69, 9.17) is 26.0 Å². The summed E-state index contributed by atoms with van der Waals surface area (Å²) in [7, 11) is 0. The Labute approximate surface area is 229 Å². The molecule has 0 aromatic heterocycles. The van der Waals surface area contributed by atoms with Crippen molar-refractivity contribution in [1.82, 2.24) is 0 Å². The summed E-state index contributed by atoms with van der Waals surface area (Å²) in [5.41, 5.74) is 10.4. The van der Waals surface area contributed by atoms with Crippen molar-refractivity contribution in [1.29, 1.82) is 0 Å². The minimum atomic E-state index is -0.681. The molecule has 0 rings (SSSR count). The zero-order chi connectivity index (χ0) is 27.5. The third-order valence-electron chi connectivity index (χ3n) is 5.73. The van der Waals surface area contributed by atoms with Crippen LogP contribution in [-0.4, -0.2) is 50.6 Å². The molecule has 0 atom stereocenters. The number of aliphatic carboxylic acids is 1. The van der Waals surface area contributed by atoms with Crippen molar-refractivity contribution in [2.24, 2.45) is 11.5 Å². The van der Waals surface area contributed by atoms with Crippen molar-refractivity contribution in [3.8, 4) is 23.7 Å². The number of ether oxygens (including phenoxy) is 2. The fourth-order valence-corrected chi connectivity index (χ4v) is 3.60. The molecule has 0 saturated carbocycles. The van der Waals surface area contributed by atoms with Crippen LogP contribution >= 0.6 is 0 Å². The van der Waals surface area contributed by atoms with Gasteiger partial charge in [-0.3, -0.25) is 4.79 Å². The van der Waals surface area contributed by atoms with Gasteiger partial charge < -0.3 is 26.0 Å². The van der Waals surface area contributed by atoms with Gasteiger partial charge in [-0.05, 0) is 31.1 Å². The van der Waals surface area contributed by atoms with Gasteiger partial charge in [-0.25, -0.2) is 0 Å². The van der Waals surface area contributed by atoms with Gasteiger partial charge in [0.05, 0.1) is 26.4 Å². The third-order valence-corrected chi connectivity index (χ3v) is 5.73. The number of hydrogen-bond donors (Lipinski definition) is 3. The lowest BCUT2D eigenvalue weighted by molar-refractivity contribution is -0.137. The quantitative estimate of drug-likeness (QED) is 0.0939. The van der Waals surface area contributed by atoms with Crippen molar-refractivity contribution < 1.29 is 19.4 Å². The summed E-state index contributed by atoms with van der Waals surface area (Å²) in [6.45, 7) is 5.83. The molecule has 0 aliphatic heterocycles. The molecular weight excluding hydrogens is 464 g/mol. The van der Waals surface area contributed by atoms with Gasteiger partial charge in [-0.2, -0.15) is 0 Å². The second kappa shape index (κ2) is 36.6. The van der Waals surface area contributed by atoms with Crippen molar-refractivity contribution >= 4 is 5.97 Å². The predicted octanol–water partition coefficient (Wildman–Crippen LogP) is 6.45. The van der Waals surface area contributed by atoms with Crippen LogP contribution in [-0.2, 0) is 14.3 Å². The molecule has 0 unspecified atom stereocenters. The Morgan fingerprint density at radius 1 is 0.595 bits per heavy atom. The summed E-state index contributed by atoms with van der Waals surface area (Å²) < 4.78 is 10.1. The van der Waals surface area contributed by atoms with E-state index < -0.39 is 5.97 Å². The first-order valence-electron chi connectivity index (χ1n) is 14.9. The Morgan fingerprint density at radius 3 is 1.35 bits per heavy atom. The van der Waals surface area contributed by atoms with Crippen LogP contribution in [0.1, 0.15) is 129 Å². The van der Waals surface area contributed by atoms with Crippen LogP contribution < -0.4 is 11.5 Å². The average Bonchev–Trinajstić information content (AvgIpc) is 2.89. The topological polar surface area (TPSA) is 108 Å². The van der Waals surface area contributed by atoms with Crippen molar-refractivity contribution in [2.45, 2.75) is 129 Å². The number of nitrogens with two attached hydrogens (primary N) is 2. The van der Waals surface area contributed by atoms with Gasteiger partial charge in [0.25, 0.3) is 0 Å². The van der Waals surface area contributed by atoms with E-state index >= 15 is 0 Å². The molecule has 5 N–H and O–H groups in total. The van der Waals surface area contributed by atoms with E-state index in [-0.39, 0.29) is 0 Å². The van der Waals surface area contributed by atoms with Crippen LogP contribution in [0.25, 0.3) is 0 Å². The number of carboxylic acids is 1. The van der Waals surface area contributed by atoms with E-state index in [2.05, 4.69) is 30.6 Å². The number of hydrogen-bond acceptors (Lipinski definition) is 5. The van der Waals surface area contributed by atoms with Gasteiger partial charge in [0.15, 0.2) is 0 Å². The van der Waals surface area contributed by atoms with Gasteiger partial charge in [0, 0.05) is 32.4 Å². The predicted molar refractivity (Wildman–Crippen MR) is 156 cm³/mol. The van der Waals surface area contributed by atoms with Crippen molar-refractivity contribution in [3.05, 3.63) is 0 Å². The second-order valence-electron chi connectivity index (χ2n) is 9.35. The number of carboxylic acid groups (broad SMARTS) is 1. The zero-order valence-corrected chi connectivity index (χ0v) is 24.0. The Kier molecular flexibility index (Phi) is 37.2. The molecule has 6 heteroatoms. The van der Waals surface area contributed by atoms with Crippen molar-refractivity contribution in [3.63, 3.8) is 0 Å². The second-order valence-corrected chi connectivity index (χ2v) is 9.35. The highest BCUT2D eigenvalue weighted by molar-refractivity contribution is 5.66. The van der Waals surface area contributed by atoms with Gasteiger partial charge in [-0.1, -0.05) is 102 Å². The van der Waals surface area contributed by atoms with E-state index in [9.17, 15) is 4.79 Å². The SMILES string of the molecule is CCCCCCCCCCCCC#CC#CCCCCCCCCC(=O)O.NCCOCCOCCN. The smallest absolute Gasteiger partial charge is 0.303 e. The summed E-state index contributed by atoms with van der Waals surface area (Å²) in [6.07, 6.45) is 22.4. The summed E-state index contributed by atoms with van der Waals surface area (Å²) in [5.74, 6) is 11.6. The standard InChI is InChI=1S/C25H42O2.C6H16N2O2/c1-2-3-4-5-6-7-8-9-10-11-12-13-14-15-16-17-18-19-20-21-22-23-24-25(26)27;7-1-3-9-5-6-10-4-2-8/h2-12,17-24H2,1H3,(H,26,27);1-8H2. The maximum absolute atomic E-state index is 10.4. The fourth-order valence-electron chi connectivity index (χ4n) is 3.60. The zero-order valence-electron chi connectivity index (χ0n) is 24.0. The van der Waals surface area contributed by atoms with E-state index in [1.54, 1.807) is 0 Å². The molecule has 0 fully saturated rings. The van der Waals surface area contributed by atoms with Crippen LogP contribution in [0.15, 0.2) is 0 Å². The summed E-state index contributed by atoms with van der Waals surface area (Å²) in [6, 6.07) is 0.